The number of hydrogen-bond donors (Lipinski definition) is 0. The molecule has 0 amide bonds. The lowest BCUT2D eigenvalue weighted by Gasteiger charge is -2.38. The number of rotatable bonds is 3. The van der Waals surface area contributed by atoms with E-state index in [0.29, 0.717) is 12.3 Å². The number of carbonyl (C=O) groups excluding carboxylic acids is 1. The van der Waals surface area contributed by atoms with E-state index in [9.17, 15) is 4.79 Å². The monoisotopic (exact) mass is 426 g/mol. The fourth-order valence-corrected chi connectivity index (χ4v) is 5.54. The maximum atomic E-state index is 12.2. The van der Waals surface area contributed by atoms with Crippen LogP contribution < -0.4 is 5.46 Å². The van der Waals surface area contributed by atoms with Gasteiger partial charge in [-0.05, 0) is 115 Å². The van der Waals surface area contributed by atoms with Crippen LogP contribution in [-0.4, -0.2) is 29.9 Å². The summed E-state index contributed by atoms with van der Waals surface area (Å²) in [5, 5.41) is 0. The number of aryl methyl sites for hydroxylation is 1. The number of esters is 1. The predicted molar refractivity (Wildman–Crippen MR) is 125 cm³/mol. The average molecular weight is 426 g/mol. The van der Waals surface area contributed by atoms with Crippen LogP contribution in [0.2, 0.25) is 0 Å². The lowest BCUT2D eigenvalue weighted by atomic mass is 9.66. The van der Waals surface area contributed by atoms with Crippen LogP contribution in [-0.2, 0) is 30.7 Å². The zero-order chi connectivity index (χ0) is 22.7. The van der Waals surface area contributed by atoms with Crippen molar-refractivity contribution in [3.05, 3.63) is 29.3 Å². The first-order valence-corrected chi connectivity index (χ1v) is 12.0. The minimum atomic E-state index is -0.397. The minimum absolute atomic E-state index is 0.0488. The van der Waals surface area contributed by atoms with Gasteiger partial charge in [0.25, 0.3) is 0 Å². The minimum Gasteiger partial charge on any atom is -0.460 e. The molecule has 0 aromatic heterocycles. The highest BCUT2D eigenvalue weighted by Gasteiger charge is 2.52. The number of ether oxygens (including phenoxy) is 1. The zero-order valence-corrected chi connectivity index (χ0v) is 20.5. The predicted octanol–water partition coefficient (Wildman–Crippen LogP) is 5.09. The summed E-state index contributed by atoms with van der Waals surface area (Å²) in [5.74, 6) is 0.404. The highest BCUT2D eigenvalue weighted by atomic mass is 16.7. The third kappa shape index (κ3) is 4.46. The van der Waals surface area contributed by atoms with Crippen LogP contribution in [0.25, 0.3) is 0 Å². The summed E-state index contributed by atoms with van der Waals surface area (Å²) in [4.78, 5) is 12.2. The molecule has 170 valence electrons. The van der Waals surface area contributed by atoms with Crippen LogP contribution in [0, 0.1) is 5.92 Å². The summed E-state index contributed by atoms with van der Waals surface area (Å²) in [7, 11) is -0.295. The van der Waals surface area contributed by atoms with E-state index in [0.717, 1.165) is 24.7 Å². The summed E-state index contributed by atoms with van der Waals surface area (Å²) in [6.45, 7) is 14.2. The van der Waals surface area contributed by atoms with Gasteiger partial charge < -0.3 is 14.0 Å². The Hall–Kier alpha value is -1.33. The summed E-state index contributed by atoms with van der Waals surface area (Å²) in [5.41, 5.74) is 3.37. The summed E-state index contributed by atoms with van der Waals surface area (Å²) in [6.07, 6.45) is 7.46. The van der Waals surface area contributed by atoms with Crippen LogP contribution in [0.3, 0.4) is 0 Å². The Morgan fingerprint density at radius 1 is 1.06 bits per heavy atom. The Morgan fingerprint density at radius 2 is 1.68 bits per heavy atom. The molecule has 1 saturated carbocycles. The van der Waals surface area contributed by atoms with Crippen molar-refractivity contribution < 1.29 is 18.8 Å². The standard InChI is InChI=1S/C26H39BO4/c1-23(2,3)29-22(28)16-18-10-13-26(14-11-18)15-12-19-17-20(8-9-21(19)26)27-30-24(4,5)25(6,7)31-27/h8-9,17-18H,10-16H2,1-7H3/t18-,26-. The largest absolute Gasteiger partial charge is 0.494 e. The van der Waals surface area contributed by atoms with Crippen LogP contribution in [0.15, 0.2) is 18.2 Å². The molecule has 2 fully saturated rings. The van der Waals surface area contributed by atoms with Gasteiger partial charge in [0.05, 0.1) is 11.2 Å². The van der Waals surface area contributed by atoms with Gasteiger partial charge >= 0.3 is 13.1 Å². The van der Waals surface area contributed by atoms with Gasteiger partial charge in [-0.25, -0.2) is 0 Å². The van der Waals surface area contributed by atoms with E-state index in [-0.39, 0.29) is 29.7 Å². The molecule has 4 rings (SSSR count). The molecule has 0 unspecified atom stereocenters. The average Bonchev–Trinajstić information content (AvgIpc) is 3.09. The second kappa shape index (κ2) is 7.62. The maximum Gasteiger partial charge on any atom is 0.494 e. The first-order valence-electron chi connectivity index (χ1n) is 12.0. The Balaban J connectivity index is 1.42. The third-order valence-corrected chi connectivity index (χ3v) is 8.04. The highest BCUT2D eigenvalue weighted by molar-refractivity contribution is 6.62. The first-order chi connectivity index (χ1) is 14.3. The second-order valence-corrected chi connectivity index (χ2v) is 12.0. The lowest BCUT2D eigenvalue weighted by Crippen LogP contribution is -2.41. The number of carbonyl (C=O) groups is 1. The Kier molecular flexibility index (Phi) is 5.62. The SMILES string of the molecule is CC(C)(C)OC(=O)C[C@H]1CC[C@@]2(CCc3cc(B4OC(C)(C)C(C)(C)O4)ccc32)CC1. The second-order valence-electron chi connectivity index (χ2n) is 12.0. The van der Waals surface area contributed by atoms with Gasteiger partial charge in [0.2, 0.25) is 0 Å². The van der Waals surface area contributed by atoms with Crippen molar-refractivity contribution in [2.75, 3.05) is 0 Å². The first kappa shape index (κ1) is 22.9. The highest BCUT2D eigenvalue weighted by Crippen LogP contribution is 2.50. The molecule has 2 aliphatic carbocycles. The molecule has 0 radical (unpaired) electrons. The van der Waals surface area contributed by atoms with Crippen molar-refractivity contribution in [3.8, 4) is 0 Å². The molecule has 1 aromatic rings. The van der Waals surface area contributed by atoms with E-state index in [1.54, 1.807) is 0 Å². The summed E-state index contributed by atoms with van der Waals surface area (Å²) in [6, 6.07) is 6.86. The Bertz CT molecular complexity index is 827. The van der Waals surface area contributed by atoms with Crippen molar-refractivity contribution in [2.45, 2.75) is 116 Å². The van der Waals surface area contributed by atoms with Crippen molar-refractivity contribution in [3.63, 3.8) is 0 Å². The molecule has 0 bridgehead atoms. The molecular formula is C26H39BO4. The van der Waals surface area contributed by atoms with Gasteiger partial charge in [-0.2, -0.15) is 0 Å². The normalized spacial score (nSPS) is 29.3. The van der Waals surface area contributed by atoms with E-state index < -0.39 is 5.60 Å². The summed E-state index contributed by atoms with van der Waals surface area (Å²) < 4.78 is 18.1. The van der Waals surface area contributed by atoms with Gasteiger partial charge in [0.1, 0.15) is 5.60 Å². The molecule has 1 heterocycles. The fraction of sp³-hybridized carbons (Fsp3) is 0.731. The van der Waals surface area contributed by atoms with E-state index in [2.05, 4.69) is 45.9 Å². The van der Waals surface area contributed by atoms with Crippen LogP contribution in [0.1, 0.15) is 98.1 Å². The molecule has 1 saturated heterocycles. The molecule has 4 nitrogen and oxygen atoms in total. The molecular weight excluding hydrogens is 387 g/mol. The van der Waals surface area contributed by atoms with E-state index in [4.69, 9.17) is 14.0 Å². The number of fused-ring (bicyclic) bond motifs is 2. The Morgan fingerprint density at radius 3 is 2.26 bits per heavy atom. The van der Waals surface area contributed by atoms with Gasteiger partial charge in [-0.3, -0.25) is 4.79 Å². The van der Waals surface area contributed by atoms with Crippen LogP contribution in [0.4, 0.5) is 0 Å². The van der Waals surface area contributed by atoms with Crippen LogP contribution in [0.5, 0.6) is 0 Å². The molecule has 1 aromatic carbocycles. The van der Waals surface area contributed by atoms with Gasteiger partial charge in [-0.1, -0.05) is 18.2 Å². The van der Waals surface area contributed by atoms with Crippen LogP contribution >= 0.6 is 0 Å². The van der Waals surface area contributed by atoms with Crippen molar-refractivity contribution in [1.29, 1.82) is 0 Å². The number of hydrogen-bond acceptors (Lipinski definition) is 4. The fourth-order valence-electron chi connectivity index (χ4n) is 5.54. The summed E-state index contributed by atoms with van der Waals surface area (Å²) >= 11 is 0. The van der Waals surface area contributed by atoms with E-state index in [1.165, 1.54) is 30.4 Å². The van der Waals surface area contributed by atoms with E-state index >= 15 is 0 Å². The number of benzene rings is 1. The Labute approximate surface area is 188 Å². The molecule has 1 spiro atoms. The van der Waals surface area contributed by atoms with Gasteiger partial charge in [0.15, 0.2) is 0 Å². The maximum absolute atomic E-state index is 12.2. The quantitative estimate of drug-likeness (QED) is 0.499. The van der Waals surface area contributed by atoms with Gasteiger partial charge in [-0.15, -0.1) is 0 Å². The third-order valence-electron chi connectivity index (χ3n) is 8.04. The molecule has 31 heavy (non-hydrogen) atoms. The van der Waals surface area contributed by atoms with Crippen molar-refractivity contribution >= 4 is 18.6 Å². The smallest absolute Gasteiger partial charge is 0.460 e. The van der Waals surface area contributed by atoms with Crippen molar-refractivity contribution in [1.82, 2.24) is 0 Å². The molecule has 0 atom stereocenters. The molecule has 5 heteroatoms. The molecule has 3 aliphatic rings. The van der Waals surface area contributed by atoms with Gasteiger partial charge in [0, 0.05) is 6.42 Å². The van der Waals surface area contributed by atoms with Crippen molar-refractivity contribution in [2.24, 2.45) is 5.92 Å². The zero-order valence-electron chi connectivity index (χ0n) is 20.5. The lowest BCUT2D eigenvalue weighted by molar-refractivity contribution is -0.156. The topological polar surface area (TPSA) is 44.8 Å². The molecule has 1 aliphatic heterocycles. The molecule has 0 N–H and O–H groups in total. The van der Waals surface area contributed by atoms with E-state index in [1.807, 2.05) is 20.8 Å².